The lowest BCUT2D eigenvalue weighted by Gasteiger charge is -2.17. The monoisotopic (exact) mass is 291 g/mol. The summed E-state index contributed by atoms with van der Waals surface area (Å²) >= 11 is 0. The summed E-state index contributed by atoms with van der Waals surface area (Å²) in [6.07, 6.45) is 3.79. The fourth-order valence-corrected chi connectivity index (χ4v) is 2.94. The number of rotatable bonds is 6. The van der Waals surface area contributed by atoms with Gasteiger partial charge in [-0.1, -0.05) is 0 Å². The molecular formula is C15H21N3O3. The average Bonchev–Trinajstić information content (AvgIpc) is 3.20. The molecule has 1 saturated heterocycles. The quantitative estimate of drug-likeness (QED) is 0.644. The fourth-order valence-electron chi connectivity index (χ4n) is 2.94. The number of nitrogens with one attached hydrogen (secondary N) is 1. The summed E-state index contributed by atoms with van der Waals surface area (Å²) in [7, 11) is 0. The van der Waals surface area contributed by atoms with E-state index in [1.165, 1.54) is 18.9 Å². The van der Waals surface area contributed by atoms with Crippen molar-refractivity contribution in [1.29, 1.82) is 0 Å². The van der Waals surface area contributed by atoms with Crippen LogP contribution in [0.3, 0.4) is 0 Å². The van der Waals surface area contributed by atoms with Gasteiger partial charge < -0.3 is 10.1 Å². The van der Waals surface area contributed by atoms with Gasteiger partial charge in [-0.25, -0.2) is 0 Å². The highest BCUT2D eigenvalue weighted by Gasteiger charge is 2.34. The molecule has 1 heterocycles. The molecule has 0 bridgehead atoms. The molecular weight excluding hydrogens is 270 g/mol. The lowest BCUT2D eigenvalue weighted by Crippen LogP contribution is -2.27. The van der Waals surface area contributed by atoms with E-state index in [-0.39, 0.29) is 5.69 Å². The zero-order valence-corrected chi connectivity index (χ0v) is 12.2. The number of benzene rings is 1. The lowest BCUT2D eigenvalue weighted by atomic mass is 10.2. The van der Waals surface area contributed by atoms with E-state index in [4.69, 9.17) is 4.74 Å². The number of hydrogen-bond acceptors (Lipinski definition) is 5. The standard InChI is InChI=1S/C15H21N3O3/c1-2-21-15-9-11(3-6-14(15)18(19)20)16-12-7-8-17(10-12)13-4-5-13/h3,6,9,12-13,16H,2,4-5,7-8,10H2,1H3. The molecule has 1 atom stereocenters. The van der Waals surface area contributed by atoms with Crippen molar-refractivity contribution in [3.05, 3.63) is 28.3 Å². The highest BCUT2D eigenvalue weighted by molar-refractivity contribution is 5.58. The Labute approximate surface area is 124 Å². The highest BCUT2D eigenvalue weighted by atomic mass is 16.6. The van der Waals surface area contributed by atoms with Gasteiger partial charge in [-0.2, -0.15) is 0 Å². The van der Waals surface area contributed by atoms with E-state index in [1.54, 1.807) is 12.1 Å². The van der Waals surface area contributed by atoms with Crippen LogP contribution in [0.1, 0.15) is 26.2 Å². The molecule has 0 aromatic heterocycles. The van der Waals surface area contributed by atoms with Gasteiger partial charge in [0.05, 0.1) is 11.5 Å². The van der Waals surface area contributed by atoms with Crippen molar-refractivity contribution in [2.24, 2.45) is 0 Å². The number of nitro groups is 1. The van der Waals surface area contributed by atoms with Crippen LogP contribution in [0.2, 0.25) is 0 Å². The maximum atomic E-state index is 11.0. The van der Waals surface area contributed by atoms with Crippen LogP contribution in [0.25, 0.3) is 0 Å². The van der Waals surface area contributed by atoms with E-state index >= 15 is 0 Å². The van der Waals surface area contributed by atoms with E-state index in [0.717, 1.165) is 31.2 Å². The Bertz CT molecular complexity index is 531. The minimum atomic E-state index is -0.404. The van der Waals surface area contributed by atoms with Gasteiger partial charge in [-0.3, -0.25) is 15.0 Å². The van der Waals surface area contributed by atoms with Crippen LogP contribution >= 0.6 is 0 Å². The summed E-state index contributed by atoms with van der Waals surface area (Å²) in [5, 5.41) is 14.4. The minimum Gasteiger partial charge on any atom is -0.487 e. The predicted molar refractivity (Wildman–Crippen MR) is 80.9 cm³/mol. The highest BCUT2D eigenvalue weighted by Crippen LogP contribution is 2.33. The number of ether oxygens (including phenoxy) is 1. The van der Waals surface area contributed by atoms with Crippen LogP contribution in [-0.4, -0.2) is 41.6 Å². The van der Waals surface area contributed by atoms with Crippen molar-refractivity contribution >= 4 is 11.4 Å². The molecule has 3 rings (SSSR count). The topological polar surface area (TPSA) is 67.6 Å². The van der Waals surface area contributed by atoms with Gasteiger partial charge in [0.1, 0.15) is 0 Å². The summed E-state index contributed by atoms with van der Waals surface area (Å²) in [6, 6.07) is 6.23. The molecule has 1 aromatic carbocycles. The number of hydrogen-bond donors (Lipinski definition) is 1. The van der Waals surface area contributed by atoms with E-state index in [1.807, 2.05) is 6.92 Å². The van der Waals surface area contributed by atoms with Crippen molar-refractivity contribution in [2.75, 3.05) is 25.0 Å². The van der Waals surface area contributed by atoms with Crippen LogP contribution in [0, 0.1) is 10.1 Å². The first kappa shape index (κ1) is 14.1. The van der Waals surface area contributed by atoms with E-state index < -0.39 is 4.92 Å². The first-order chi connectivity index (χ1) is 10.2. The van der Waals surface area contributed by atoms with Crippen molar-refractivity contribution < 1.29 is 9.66 Å². The molecule has 2 fully saturated rings. The van der Waals surface area contributed by atoms with Gasteiger partial charge >= 0.3 is 5.69 Å². The molecule has 1 saturated carbocycles. The normalized spacial score (nSPS) is 22.2. The second-order valence-electron chi connectivity index (χ2n) is 5.73. The van der Waals surface area contributed by atoms with Crippen LogP contribution < -0.4 is 10.1 Å². The van der Waals surface area contributed by atoms with Gasteiger partial charge in [-0.05, 0) is 32.3 Å². The van der Waals surface area contributed by atoms with Crippen LogP contribution in [-0.2, 0) is 0 Å². The minimum absolute atomic E-state index is 0.0217. The van der Waals surface area contributed by atoms with Gasteiger partial charge in [0.2, 0.25) is 0 Å². The van der Waals surface area contributed by atoms with E-state index in [9.17, 15) is 10.1 Å². The second kappa shape index (κ2) is 5.89. The lowest BCUT2D eigenvalue weighted by molar-refractivity contribution is -0.385. The van der Waals surface area contributed by atoms with Crippen molar-refractivity contribution in [3.8, 4) is 5.75 Å². The van der Waals surface area contributed by atoms with Crippen molar-refractivity contribution in [1.82, 2.24) is 4.90 Å². The SMILES string of the molecule is CCOc1cc(NC2CCN(C3CC3)C2)ccc1[N+](=O)[O-]. The first-order valence-electron chi connectivity index (χ1n) is 7.59. The number of nitrogens with zero attached hydrogens (tertiary/aromatic N) is 2. The molecule has 2 aliphatic rings. The number of anilines is 1. The molecule has 0 amide bonds. The Morgan fingerprint density at radius 2 is 2.24 bits per heavy atom. The molecule has 1 unspecified atom stereocenters. The molecule has 6 nitrogen and oxygen atoms in total. The Morgan fingerprint density at radius 1 is 1.43 bits per heavy atom. The maximum absolute atomic E-state index is 11.0. The average molecular weight is 291 g/mol. The molecule has 1 aliphatic carbocycles. The summed E-state index contributed by atoms with van der Waals surface area (Å²) in [5.74, 6) is 0.338. The van der Waals surface area contributed by atoms with Gasteiger partial charge in [0, 0.05) is 43.0 Å². The number of nitro benzene ring substituents is 1. The molecule has 0 spiro atoms. The summed E-state index contributed by atoms with van der Waals surface area (Å²) in [6.45, 7) is 4.46. The predicted octanol–water partition coefficient (Wildman–Crippen LogP) is 2.64. The van der Waals surface area contributed by atoms with Gasteiger partial charge in [0.25, 0.3) is 0 Å². The van der Waals surface area contributed by atoms with Crippen molar-refractivity contribution in [3.63, 3.8) is 0 Å². The molecule has 1 N–H and O–H groups in total. The number of likely N-dealkylation sites (tertiary alicyclic amines) is 1. The summed E-state index contributed by atoms with van der Waals surface area (Å²) in [4.78, 5) is 13.1. The maximum Gasteiger partial charge on any atom is 0.311 e. The molecule has 21 heavy (non-hydrogen) atoms. The van der Waals surface area contributed by atoms with E-state index in [0.29, 0.717) is 18.4 Å². The van der Waals surface area contributed by atoms with Crippen LogP contribution in [0.4, 0.5) is 11.4 Å². The Hall–Kier alpha value is -1.82. The fraction of sp³-hybridized carbons (Fsp3) is 0.600. The third-order valence-electron chi connectivity index (χ3n) is 4.11. The zero-order valence-electron chi connectivity index (χ0n) is 12.2. The van der Waals surface area contributed by atoms with E-state index in [2.05, 4.69) is 10.2 Å². The zero-order chi connectivity index (χ0) is 14.8. The third-order valence-corrected chi connectivity index (χ3v) is 4.11. The van der Waals surface area contributed by atoms with Crippen LogP contribution in [0.15, 0.2) is 18.2 Å². The molecule has 6 heteroatoms. The largest absolute Gasteiger partial charge is 0.487 e. The first-order valence-corrected chi connectivity index (χ1v) is 7.59. The van der Waals surface area contributed by atoms with Crippen molar-refractivity contribution in [2.45, 2.75) is 38.3 Å². The summed E-state index contributed by atoms with van der Waals surface area (Å²) < 4.78 is 5.38. The van der Waals surface area contributed by atoms with Gasteiger partial charge in [0.15, 0.2) is 5.75 Å². The Morgan fingerprint density at radius 3 is 2.90 bits per heavy atom. The summed E-state index contributed by atoms with van der Waals surface area (Å²) in [5.41, 5.74) is 0.917. The molecule has 1 aliphatic heterocycles. The Balaban J connectivity index is 1.67. The van der Waals surface area contributed by atoms with Gasteiger partial charge in [-0.15, -0.1) is 0 Å². The van der Waals surface area contributed by atoms with Crippen LogP contribution in [0.5, 0.6) is 5.75 Å². The Kier molecular flexibility index (Phi) is 3.96. The second-order valence-corrected chi connectivity index (χ2v) is 5.73. The molecule has 0 radical (unpaired) electrons. The molecule has 114 valence electrons. The molecule has 1 aromatic rings. The third kappa shape index (κ3) is 3.26. The smallest absolute Gasteiger partial charge is 0.311 e.